The number of carboxylic acid groups (broad SMARTS) is 1. The minimum atomic E-state index is -1.07. The fourth-order valence-electron chi connectivity index (χ4n) is 1.51. The number of carbonyl (C=O) groups excluding carboxylic acids is 1. The first-order chi connectivity index (χ1) is 8.54. The van der Waals surface area contributed by atoms with E-state index in [1.165, 1.54) is 12.5 Å². The zero-order chi connectivity index (χ0) is 13.5. The molecule has 1 aromatic heterocycles. The summed E-state index contributed by atoms with van der Waals surface area (Å²) in [5.41, 5.74) is 6.02. The molecule has 2 atom stereocenters. The van der Waals surface area contributed by atoms with Gasteiger partial charge in [0.1, 0.15) is 6.04 Å². The predicted molar refractivity (Wildman–Crippen MR) is 64.7 cm³/mol. The molecule has 100 valence electrons. The number of nitrogens with zero attached hydrogens (tertiary/aromatic N) is 1. The van der Waals surface area contributed by atoms with Gasteiger partial charge in [0.05, 0.1) is 6.33 Å². The second-order valence-electron chi connectivity index (χ2n) is 4.16. The SMILES string of the molecule is CC(CCN)C(=O)N[C@@H](Cc1cnc[nH]1)C(=O)O. The maximum Gasteiger partial charge on any atom is 0.326 e. The molecule has 1 heterocycles. The van der Waals surface area contributed by atoms with Crippen molar-refractivity contribution < 1.29 is 14.7 Å². The van der Waals surface area contributed by atoms with Crippen LogP contribution in [0.2, 0.25) is 0 Å². The van der Waals surface area contributed by atoms with Crippen LogP contribution in [0.15, 0.2) is 12.5 Å². The monoisotopic (exact) mass is 254 g/mol. The highest BCUT2D eigenvalue weighted by molar-refractivity contribution is 5.84. The molecule has 0 aromatic carbocycles. The van der Waals surface area contributed by atoms with Gasteiger partial charge in [-0.15, -0.1) is 0 Å². The van der Waals surface area contributed by atoms with Gasteiger partial charge in [0.25, 0.3) is 0 Å². The van der Waals surface area contributed by atoms with Crippen molar-refractivity contribution in [2.24, 2.45) is 11.7 Å². The van der Waals surface area contributed by atoms with E-state index in [9.17, 15) is 9.59 Å². The van der Waals surface area contributed by atoms with Crippen LogP contribution in [-0.2, 0) is 16.0 Å². The Morgan fingerprint density at radius 3 is 2.83 bits per heavy atom. The molecule has 18 heavy (non-hydrogen) atoms. The third kappa shape index (κ3) is 4.17. The van der Waals surface area contributed by atoms with E-state index in [4.69, 9.17) is 10.8 Å². The first-order valence-electron chi connectivity index (χ1n) is 5.75. The van der Waals surface area contributed by atoms with Crippen LogP contribution in [-0.4, -0.2) is 39.5 Å². The number of nitrogens with two attached hydrogens (primary N) is 1. The van der Waals surface area contributed by atoms with E-state index in [2.05, 4.69) is 15.3 Å². The van der Waals surface area contributed by atoms with Crippen LogP contribution in [0.1, 0.15) is 19.0 Å². The summed E-state index contributed by atoms with van der Waals surface area (Å²) in [5, 5.41) is 11.6. The molecule has 0 bridgehead atoms. The van der Waals surface area contributed by atoms with Crippen LogP contribution in [0, 0.1) is 5.92 Å². The molecule has 0 aliphatic heterocycles. The first kappa shape index (κ1) is 14.2. The Morgan fingerprint density at radius 1 is 1.61 bits per heavy atom. The van der Waals surface area contributed by atoms with Crippen LogP contribution < -0.4 is 11.1 Å². The summed E-state index contributed by atoms with van der Waals surface area (Å²) in [4.78, 5) is 29.4. The molecule has 1 aromatic rings. The van der Waals surface area contributed by atoms with Gasteiger partial charge in [0.2, 0.25) is 5.91 Å². The van der Waals surface area contributed by atoms with E-state index < -0.39 is 12.0 Å². The molecule has 0 saturated heterocycles. The van der Waals surface area contributed by atoms with Gasteiger partial charge in [0, 0.05) is 24.2 Å². The summed E-state index contributed by atoms with van der Waals surface area (Å²) < 4.78 is 0. The van der Waals surface area contributed by atoms with Gasteiger partial charge in [-0.1, -0.05) is 6.92 Å². The largest absolute Gasteiger partial charge is 0.480 e. The van der Waals surface area contributed by atoms with Crippen LogP contribution >= 0.6 is 0 Å². The Morgan fingerprint density at radius 2 is 2.33 bits per heavy atom. The van der Waals surface area contributed by atoms with Crippen LogP contribution in [0.4, 0.5) is 0 Å². The molecular formula is C11H18N4O3. The number of aromatic nitrogens is 2. The predicted octanol–water partition coefficient (Wildman–Crippen LogP) is -0.493. The number of hydrogen-bond donors (Lipinski definition) is 4. The summed E-state index contributed by atoms with van der Waals surface area (Å²) in [7, 11) is 0. The number of carboxylic acids is 1. The molecule has 0 aliphatic carbocycles. The van der Waals surface area contributed by atoms with Gasteiger partial charge in [-0.25, -0.2) is 9.78 Å². The fourth-order valence-corrected chi connectivity index (χ4v) is 1.51. The van der Waals surface area contributed by atoms with Crippen LogP contribution in [0.25, 0.3) is 0 Å². The average Bonchev–Trinajstić information content (AvgIpc) is 2.81. The minimum absolute atomic E-state index is 0.177. The van der Waals surface area contributed by atoms with Crippen molar-refractivity contribution in [1.82, 2.24) is 15.3 Å². The topological polar surface area (TPSA) is 121 Å². The maximum absolute atomic E-state index is 11.7. The second kappa shape index (κ2) is 6.75. The third-order valence-electron chi connectivity index (χ3n) is 2.64. The average molecular weight is 254 g/mol. The van der Waals surface area contributed by atoms with Crippen molar-refractivity contribution in [2.45, 2.75) is 25.8 Å². The summed E-state index contributed by atoms with van der Waals surface area (Å²) in [6, 6.07) is -0.960. The lowest BCUT2D eigenvalue weighted by Gasteiger charge is -2.16. The lowest BCUT2D eigenvalue weighted by Crippen LogP contribution is -2.44. The number of rotatable bonds is 7. The zero-order valence-corrected chi connectivity index (χ0v) is 10.2. The fraction of sp³-hybridized carbons (Fsp3) is 0.545. The van der Waals surface area contributed by atoms with Crippen molar-refractivity contribution >= 4 is 11.9 Å². The third-order valence-corrected chi connectivity index (χ3v) is 2.64. The van der Waals surface area contributed by atoms with Crippen molar-refractivity contribution in [3.8, 4) is 0 Å². The number of aliphatic carboxylic acids is 1. The molecule has 1 unspecified atom stereocenters. The van der Waals surface area contributed by atoms with E-state index >= 15 is 0 Å². The van der Waals surface area contributed by atoms with E-state index in [1.807, 2.05) is 0 Å². The standard InChI is InChI=1S/C11H18N4O3/c1-7(2-3-12)10(16)15-9(11(17)18)4-8-5-13-6-14-8/h5-7,9H,2-4,12H2,1H3,(H,13,14)(H,15,16)(H,17,18)/t7?,9-/m0/s1. The van der Waals surface area contributed by atoms with E-state index in [-0.39, 0.29) is 18.2 Å². The summed E-state index contributed by atoms with van der Waals surface area (Å²) >= 11 is 0. The highest BCUT2D eigenvalue weighted by Crippen LogP contribution is 2.04. The molecule has 0 spiro atoms. The van der Waals surface area contributed by atoms with Gasteiger partial charge in [-0.05, 0) is 13.0 Å². The lowest BCUT2D eigenvalue weighted by molar-refractivity contribution is -0.142. The van der Waals surface area contributed by atoms with Gasteiger partial charge in [-0.2, -0.15) is 0 Å². The van der Waals surface area contributed by atoms with E-state index in [0.29, 0.717) is 18.7 Å². The van der Waals surface area contributed by atoms with Gasteiger partial charge in [0.15, 0.2) is 0 Å². The highest BCUT2D eigenvalue weighted by Gasteiger charge is 2.23. The maximum atomic E-state index is 11.7. The number of H-pyrrole nitrogens is 1. The van der Waals surface area contributed by atoms with Crippen molar-refractivity contribution in [2.75, 3.05) is 6.54 Å². The Kier molecular flexibility index (Phi) is 5.31. The molecule has 1 amide bonds. The summed E-state index contributed by atoms with van der Waals surface area (Å²) in [6.45, 7) is 2.12. The lowest BCUT2D eigenvalue weighted by atomic mass is 10.1. The van der Waals surface area contributed by atoms with Gasteiger partial charge < -0.3 is 21.1 Å². The number of aromatic amines is 1. The molecule has 1 rings (SSSR count). The number of nitrogens with one attached hydrogen (secondary N) is 2. The molecule has 0 radical (unpaired) electrons. The summed E-state index contributed by atoms with van der Waals surface area (Å²) in [5.74, 6) is -1.66. The highest BCUT2D eigenvalue weighted by atomic mass is 16.4. The van der Waals surface area contributed by atoms with Crippen LogP contribution in [0.5, 0.6) is 0 Å². The van der Waals surface area contributed by atoms with Crippen molar-refractivity contribution in [1.29, 1.82) is 0 Å². The van der Waals surface area contributed by atoms with Gasteiger partial charge >= 0.3 is 5.97 Å². The smallest absolute Gasteiger partial charge is 0.326 e. The zero-order valence-electron chi connectivity index (χ0n) is 10.2. The first-order valence-corrected chi connectivity index (χ1v) is 5.75. The van der Waals surface area contributed by atoms with Crippen LogP contribution in [0.3, 0.4) is 0 Å². The molecule has 7 heteroatoms. The van der Waals surface area contributed by atoms with Gasteiger partial charge in [-0.3, -0.25) is 4.79 Å². The van der Waals surface area contributed by atoms with Crippen molar-refractivity contribution in [3.05, 3.63) is 18.2 Å². The van der Waals surface area contributed by atoms with E-state index in [0.717, 1.165) is 0 Å². The minimum Gasteiger partial charge on any atom is -0.480 e. The summed E-state index contributed by atoms with van der Waals surface area (Å²) in [6.07, 6.45) is 3.71. The van der Waals surface area contributed by atoms with E-state index in [1.54, 1.807) is 6.92 Å². The number of hydrogen-bond acceptors (Lipinski definition) is 4. The molecule has 7 nitrogen and oxygen atoms in total. The normalized spacial score (nSPS) is 13.9. The Bertz CT molecular complexity index is 391. The Balaban J connectivity index is 2.58. The second-order valence-corrected chi connectivity index (χ2v) is 4.16. The van der Waals surface area contributed by atoms with Crippen molar-refractivity contribution in [3.63, 3.8) is 0 Å². The molecule has 0 aliphatic rings. The Labute approximate surface area is 105 Å². The number of amides is 1. The quantitative estimate of drug-likeness (QED) is 0.523. The molecule has 0 saturated carbocycles. The number of carbonyl (C=O) groups is 2. The molecular weight excluding hydrogens is 236 g/mol. The molecule has 0 fully saturated rings. The molecule has 5 N–H and O–H groups in total. The number of imidazole rings is 1. The Hall–Kier alpha value is -1.89.